The third-order valence-corrected chi connectivity index (χ3v) is 5.70. The molecule has 2 bridgehead atoms. The highest BCUT2D eigenvalue weighted by Crippen LogP contribution is 2.47. The van der Waals surface area contributed by atoms with Crippen molar-refractivity contribution < 1.29 is 4.79 Å². The van der Waals surface area contributed by atoms with Crippen LogP contribution in [0.3, 0.4) is 0 Å². The molecule has 2 saturated carbocycles. The Balaban J connectivity index is 0.00000110. The van der Waals surface area contributed by atoms with Gasteiger partial charge in [0.1, 0.15) is 0 Å². The second-order valence-corrected chi connectivity index (χ2v) is 6.61. The van der Waals surface area contributed by atoms with Crippen molar-refractivity contribution in [1.29, 1.82) is 0 Å². The van der Waals surface area contributed by atoms with Crippen LogP contribution in [0.2, 0.25) is 0 Å². The summed E-state index contributed by atoms with van der Waals surface area (Å²) in [6, 6.07) is 0.661. The van der Waals surface area contributed by atoms with Gasteiger partial charge in [-0.1, -0.05) is 6.92 Å². The molecule has 124 valence electrons. The summed E-state index contributed by atoms with van der Waals surface area (Å²) in [6.45, 7) is 5.29. The number of likely N-dealkylation sites (tertiary alicyclic amines) is 1. The molecular weight excluding hydrogens is 309 g/mol. The van der Waals surface area contributed by atoms with Gasteiger partial charge < -0.3 is 11.1 Å². The Kier molecular flexibility index (Phi) is 7.25. The first-order valence-corrected chi connectivity index (χ1v) is 7.98. The van der Waals surface area contributed by atoms with Gasteiger partial charge in [0.25, 0.3) is 0 Å². The molecule has 1 aliphatic heterocycles. The molecule has 5 atom stereocenters. The predicted octanol–water partition coefficient (Wildman–Crippen LogP) is 1.80. The normalized spacial score (nSPS) is 37.9. The van der Waals surface area contributed by atoms with Crippen LogP contribution >= 0.6 is 24.8 Å². The number of nitrogens with zero attached hydrogens (tertiary/aromatic N) is 1. The molecule has 0 radical (unpaired) electrons. The molecule has 3 aliphatic rings. The van der Waals surface area contributed by atoms with Crippen LogP contribution in [0.5, 0.6) is 0 Å². The highest BCUT2D eigenvalue weighted by molar-refractivity contribution is 5.85. The van der Waals surface area contributed by atoms with Crippen LogP contribution < -0.4 is 11.1 Å². The number of nitrogens with one attached hydrogen (secondary N) is 1. The molecular formula is C15H29Cl2N3O. The van der Waals surface area contributed by atoms with E-state index in [0.717, 1.165) is 13.1 Å². The van der Waals surface area contributed by atoms with Crippen molar-refractivity contribution in [1.82, 2.24) is 10.2 Å². The van der Waals surface area contributed by atoms with Crippen molar-refractivity contribution in [2.75, 3.05) is 19.6 Å². The fourth-order valence-electron chi connectivity index (χ4n) is 4.60. The number of hydrogen-bond acceptors (Lipinski definition) is 3. The van der Waals surface area contributed by atoms with Crippen LogP contribution in [0.15, 0.2) is 0 Å². The second-order valence-electron chi connectivity index (χ2n) is 6.61. The number of fused-ring (bicyclic) bond motifs is 2. The van der Waals surface area contributed by atoms with Crippen molar-refractivity contribution in [3.63, 3.8) is 0 Å². The summed E-state index contributed by atoms with van der Waals surface area (Å²) < 4.78 is 0. The molecule has 0 aromatic rings. The SMILES string of the molecule is CCN1CCCC1CNC(=O)C1C2CCC(C2)C1N.Cl.Cl. The average molecular weight is 338 g/mol. The Morgan fingerprint density at radius 3 is 2.57 bits per heavy atom. The van der Waals surface area contributed by atoms with Crippen LogP contribution in [0.4, 0.5) is 0 Å². The quantitative estimate of drug-likeness (QED) is 0.822. The van der Waals surface area contributed by atoms with Gasteiger partial charge in [0.05, 0.1) is 5.92 Å². The highest BCUT2D eigenvalue weighted by atomic mass is 35.5. The number of amides is 1. The molecule has 3 N–H and O–H groups in total. The Morgan fingerprint density at radius 1 is 1.24 bits per heavy atom. The lowest BCUT2D eigenvalue weighted by Gasteiger charge is -2.29. The summed E-state index contributed by atoms with van der Waals surface area (Å²) in [7, 11) is 0. The van der Waals surface area contributed by atoms with Gasteiger partial charge in [-0.25, -0.2) is 0 Å². The molecule has 0 aromatic carbocycles. The average Bonchev–Trinajstić information content (AvgIpc) is 3.10. The van der Waals surface area contributed by atoms with E-state index in [1.165, 1.54) is 38.6 Å². The molecule has 1 heterocycles. The molecule has 4 nitrogen and oxygen atoms in total. The fourth-order valence-corrected chi connectivity index (χ4v) is 4.60. The maximum Gasteiger partial charge on any atom is 0.225 e. The van der Waals surface area contributed by atoms with Crippen molar-refractivity contribution >= 4 is 30.7 Å². The first kappa shape index (κ1) is 19.0. The molecule has 3 rings (SSSR count). The number of nitrogens with two attached hydrogens (primary N) is 1. The maximum absolute atomic E-state index is 12.4. The van der Waals surface area contributed by atoms with Gasteiger partial charge in [-0.3, -0.25) is 9.69 Å². The zero-order chi connectivity index (χ0) is 13.4. The van der Waals surface area contributed by atoms with E-state index in [4.69, 9.17) is 5.73 Å². The summed E-state index contributed by atoms with van der Waals surface area (Å²) in [6.07, 6.45) is 6.12. The zero-order valence-electron chi connectivity index (χ0n) is 12.8. The van der Waals surface area contributed by atoms with Gasteiger partial charge in [0.2, 0.25) is 5.91 Å². The van der Waals surface area contributed by atoms with Crippen LogP contribution in [0.25, 0.3) is 0 Å². The van der Waals surface area contributed by atoms with E-state index >= 15 is 0 Å². The zero-order valence-corrected chi connectivity index (χ0v) is 14.4. The molecule has 5 unspecified atom stereocenters. The van der Waals surface area contributed by atoms with Crippen LogP contribution in [-0.2, 0) is 4.79 Å². The number of hydrogen-bond donors (Lipinski definition) is 2. The standard InChI is InChI=1S/C15H27N3O.2ClH/c1-2-18-7-3-4-12(18)9-17-15(19)13-10-5-6-11(8-10)14(13)16;;/h10-14H,2-9,16H2,1H3,(H,17,19);2*1H. The van der Waals surface area contributed by atoms with Crippen molar-refractivity contribution in [3.8, 4) is 0 Å². The lowest BCUT2D eigenvalue weighted by molar-refractivity contribution is -0.127. The van der Waals surface area contributed by atoms with Crippen LogP contribution in [0.1, 0.15) is 39.0 Å². The lowest BCUT2D eigenvalue weighted by atomic mass is 9.84. The maximum atomic E-state index is 12.4. The first-order chi connectivity index (χ1) is 9.20. The minimum Gasteiger partial charge on any atom is -0.354 e. The van der Waals surface area contributed by atoms with Gasteiger partial charge in [-0.2, -0.15) is 0 Å². The van der Waals surface area contributed by atoms with Crippen LogP contribution in [0, 0.1) is 17.8 Å². The van der Waals surface area contributed by atoms with Crippen molar-refractivity contribution in [2.45, 2.75) is 51.1 Å². The van der Waals surface area contributed by atoms with Crippen LogP contribution in [-0.4, -0.2) is 42.5 Å². The minimum absolute atomic E-state index is 0. The monoisotopic (exact) mass is 337 g/mol. The Morgan fingerprint density at radius 2 is 1.95 bits per heavy atom. The summed E-state index contributed by atoms with van der Waals surface area (Å²) in [4.78, 5) is 14.9. The molecule has 21 heavy (non-hydrogen) atoms. The molecule has 6 heteroatoms. The van der Waals surface area contributed by atoms with Gasteiger partial charge in [0.15, 0.2) is 0 Å². The van der Waals surface area contributed by atoms with E-state index in [1.807, 2.05) is 0 Å². The lowest BCUT2D eigenvalue weighted by Crippen LogP contribution is -2.48. The molecule has 1 saturated heterocycles. The van der Waals surface area contributed by atoms with Gasteiger partial charge in [-0.15, -0.1) is 24.8 Å². The van der Waals surface area contributed by atoms with Gasteiger partial charge in [0, 0.05) is 18.6 Å². The van der Waals surface area contributed by atoms with Crippen molar-refractivity contribution in [3.05, 3.63) is 0 Å². The minimum atomic E-state index is 0. The highest BCUT2D eigenvalue weighted by Gasteiger charge is 2.49. The molecule has 1 amide bonds. The fraction of sp³-hybridized carbons (Fsp3) is 0.933. The Hall–Kier alpha value is -0.0300. The predicted molar refractivity (Wildman–Crippen MR) is 90.1 cm³/mol. The third-order valence-electron chi connectivity index (χ3n) is 5.70. The second kappa shape index (κ2) is 8.00. The number of carbonyl (C=O) groups excluding carboxylic acids is 1. The first-order valence-electron chi connectivity index (χ1n) is 7.98. The molecule has 0 aromatic heterocycles. The van der Waals surface area contributed by atoms with Gasteiger partial charge >= 0.3 is 0 Å². The summed E-state index contributed by atoms with van der Waals surface area (Å²) in [5.74, 6) is 1.49. The van der Waals surface area contributed by atoms with E-state index in [0.29, 0.717) is 17.9 Å². The summed E-state index contributed by atoms with van der Waals surface area (Å²) in [5, 5.41) is 3.19. The number of halogens is 2. The number of likely N-dealkylation sites (N-methyl/N-ethyl adjacent to an activating group) is 1. The van der Waals surface area contributed by atoms with E-state index < -0.39 is 0 Å². The Bertz CT molecular complexity index is 354. The van der Waals surface area contributed by atoms with E-state index in [-0.39, 0.29) is 42.7 Å². The molecule has 2 aliphatic carbocycles. The molecule has 3 fully saturated rings. The van der Waals surface area contributed by atoms with E-state index in [1.54, 1.807) is 0 Å². The summed E-state index contributed by atoms with van der Waals surface area (Å²) in [5.41, 5.74) is 6.23. The van der Waals surface area contributed by atoms with E-state index in [2.05, 4.69) is 17.1 Å². The largest absolute Gasteiger partial charge is 0.354 e. The van der Waals surface area contributed by atoms with Crippen molar-refractivity contribution in [2.24, 2.45) is 23.5 Å². The third kappa shape index (κ3) is 3.66. The molecule has 0 spiro atoms. The number of carbonyl (C=O) groups is 1. The van der Waals surface area contributed by atoms with Gasteiger partial charge in [-0.05, 0) is 57.0 Å². The number of rotatable bonds is 4. The van der Waals surface area contributed by atoms with E-state index in [9.17, 15) is 4.79 Å². The topological polar surface area (TPSA) is 58.4 Å². The smallest absolute Gasteiger partial charge is 0.225 e. The Labute approximate surface area is 140 Å². The summed E-state index contributed by atoms with van der Waals surface area (Å²) >= 11 is 0.